The lowest BCUT2D eigenvalue weighted by Crippen LogP contribution is -2.15. The molecule has 3 rings (SSSR count). The summed E-state index contributed by atoms with van der Waals surface area (Å²) in [6.07, 6.45) is 0. The van der Waals surface area contributed by atoms with Gasteiger partial charge in [-0.1, -0.05) is 35.5 Å². The number of aliphatic hydroxyl groups excluding tert-OH is 1. The molecule has 0 saturated heterocycles. The molecule has 0 aliphatic carbocycles. The van der Waals surface area contributed by atoms with Gasteiger partial charge >= 0.3 is 0 Å². The topological polar surface area (TPSA) is 62.4 Å². The van der Waals surface area contributed by atoms with Crippen LogP contribution in [0.4, 0.5) is 5.13 Å². The molecule has 0 aliphatic heterocycles. The van der Waals surface area contributed by atoms with Crippen molar-refractivity contribution >= 4 is 16.5 Å². The third kappa shape index (κ3) is 3.12. The largest absolute Gasteiger partial charge is 0.390 e. The van der Waals surface area contributed by atoms with Crippen molar-refractivity contribution in [3.8, 4) is 11.3 Å². The summed E-state index contributed by atoms with van der Waals surface area (Å²) in [6.45, 7) is 0.545. The maximum absolute atomic E-state index is 9.05. The average molecular weight is 301 g/mol. The summed E-state index contributed by atoms with van der Waals surface area (Å²) in [5.41, 5.74) is 2.55. The van der Waals surface area contributed by atoms with Gasteiger partial charge in [-0.25, -0.2) is 4.98 Å². The third-order valence-corrected chi connectivity index (χ3v) is 4.05. The Hall–Kier alpha value is -2.18. The number of anilines is 1. The Bertz CT molecular complexity index is 709. The molecule has 0 radical (unpaired) electrons. The molecule has 0 spiro atoms. The van der Waals surface area contributed by atoms with Crippen molar-refractivity contribution in [1.29, 1.82) is 0 Å². The highest BCUT2D eigenvalue weighted by Crippen LogP contribution is 2.23. The number of hydrogen-bond acceptors (Lipinski definition) is 6. The van der Waals surface area contributed by atoms with Crippen LogP contribution in [-0.4, -0.2) is 22.3 Å². The molecule has 0 unspecified atom stereocenters. The van der Waals surface area contributed by atoms with E-state index in [1.807, 2.05) is 53.7 Å². The van der Waals surface area contributed by atoms with Crippen molar-refractivity contribution in [3.63, 3.8) is 0 Å². The monoisotopic (exact) mass is 301 g/mol. The Labute approximate surface area is 126 Å². The van der Waals surface area contributed by atoms with Gasteiger partial charge in [0.2, 0.25) is 0 Å². The van der Waals surface area contributed by atoms with Crippen LogP contribution >= 0.6 is 11.3 Å². The van der Waals surface area contributed by atoms with E-state index in [0.29, 0.717) is 12.2 Å². The summed E-state index contributed by atoms with van der Waals surface area (Å²) in [6, 6.07) is 11.9. The minimum absolute atomic E-state index is 0.0369. The standard InChI is InChI=1S/C15H15N3O2S/c1-18(15-16-12(9-19)10-21-15)8-13-7-14(17-20-13)11-5-3-2-4-6-11/h2-7,10,19H,8-9H2,1H3. The summed E-state index contributed by atoms with van der Waals surface area (Å²) in [7, 11) is 1.94. The molecule has 3 aromatic rings. The highest BCUT2D eigenvalue weighted by molar-refractivity contribution is 7.13. The molecule has 0 fully saturated rings. The number of nitrogens with zero attached hydrogens (tertiary/aromatic N) is 3. The van der Waals surface area contributed by atoms with Crippen LogP contribution in [0.2, 0.25) is 0 Å². The molecule has 0 bridgehead atoms. The second kappa shape index (κ2) is 6.07. The second-order valence-electron chi connectivity index (χ2n) is 4.68. The lowest BCUT2D eigenvalue weighted by molar-refractivity contribution is 0.277. The molecule has 2 aromatic heterocycles. The number of benzene rings is 1. The fraction of sp³-hybridized carbons (Fsp3) is 0.200. The van der Waals surface area contributed by atoms with Gasteiger partial charge in [-0.3, -0.25) is 0 Å². The zero-order valence-corrected chi connectivity index (χ0v) is 12.4. The second-order valence-corrected chi connectivity index (χ2v) is 5.52. The van der Waals surface area contributed by atoms with Gasteiger partial charge in [0.1, 0.15) is 5.69 Å². The minimum Gasteiger partial charge on any atom is -0.390 e. The van der Waals surface area contributed by atoms with Crippen molar-refractivity contribution in [1.82, 2.24) is 10.1 Å². The van der Waals surface area contributed by atoms with Gasteiger partial charge in [-0.15, -0.1) is 11.3 Å². The third-order valence-electron chi connectivity index (χ3n) is 3.05. The van der Waals surface area contributed by atoms with Crippen LogP contribution in [-0.2, 0) is 13.2 Å². The van der Waals surface area contributed by atoms with E-state index in [4.69, 9.17) is 9.63 Å². The summed E-state index contributed by atoms with van der Waals surface area (Å²) in [5, 5.41) is 15.8. The van der Waals surface area contributed by atoms with Gasteiger partial charge in [0, 0.05) is 24.1 Å². The van der Waals surface area contributed by atoms with Crippen molar-refractivity contribution in [2.24, 2.45) is 0 Å². The summed E-state index contributed by atoms with van der Waals surface area (Å²) < 4.78 is 5.38. The van der Waals surface area contributed by atoms with Crippen LogP contribution in [0.25, 0.3) is 11.3 Å². The van der Waals surface area contributed by atoms with Crippen LogP contribution in [0.5, 0.6) is 0 Å². The van der Waals surface area contributed by atoms with Crippen molar-refractivity contribution in [2.45, 2.75) is 13.2 Å². The van der Waals surface area contributed by atoms with E-state index in [1.54, 1.807) is 0 Å². The van der Waals surface area contributed by atoms with Crippen LogP contribution in [0.3, 0.4) is 0 Å². The summed E-state index contributed by atoms with van der Waals surface area (Å²) in [4.78, 5) is 6.29. The van der Waals surface area contributed by atoms with E-state index in [-0.39, 0.29) is 6.61 Å². The van der Waals surface area contributed by atoms with E-state index in [1.165, 1.54) is 11.3 Å². The highest BCUT2D eigenvalue weighted by atomic mass is 32.1. The van der Waals surface area contributed by atoms with E-state index in [0.717, 1.165) is 22.1 Å². The van der Waals surface area contributed by atoms with Gasteiger partial charge < -0.3 is 14.5 Å². The fourth-order valence-electron chi connectivity index (χ4n) is 1.98. The number of thiazole rings is 1. The molecule has 0 aliphatic rings. The maximum Gasteiger partial charge on any atom is 0.185 e. The lowest BCUT2D eigenvalue weighted by atomic mass is 10.1. The number of hydrogen-bond donors (Lipinski definition) is 1. The first-order valence-electron chi connectivity index (χ1n) is 6.53. The Kier molecular flexibility index (Phi) is 3.98. The van der Waals surface area contributed by atoms with Gasteiger partial charge in [-0.05, 0) is 0 Å². The normalized spacial score (nSPS) is 10.8. The molecule has 21 heavy (non-hydrogen) atoms. The highest BCUT2D eigenvalue weighted by Gasteiger charge is 2.11. The smallest absolute Gasteiger partial charge is 0.185 e. The first kappa shape index (κ1) is 13.8. The Morgan fingerprint density at radius 1 is 1.29 bits per heavy atom. The molecule has 0 atom stereocenters. The quantitative estimate of drug-likeness (QED) is 0.785. The van der Waals surface area contributed by atoms with Gasteiger partial charge in [0.05, 0.1) is 18.8 Å². The molecular weight excluding hydrogens is 286 g/mol. The molecule has 5 nitrogen and oxygen atoms in total. The van der Waals surface area contributed by atoms with E-state index >= 15 is 0 Å². The molecule has 0 amide bonds. The number of aromatic nitrogens is 2. The maximum atomic E-state index is 9.05. The van der Waals surface area contributed by atoms with Crippen LogP contribution in [0.1, 0.15) is 11.5 Å². The average Bonchev–Trinajstić information content (AvgIpc) is 3.17. The first-order valence-corrected chi connectivity index (χ1v) is 7.41. The predicted octanol–water partition coefficient (Wildman–Crippen LogP) is 2.93. The summed E-state index contributed by atoms with van der Waals surface area (Å²) >= 11 is 1.50. The minimum atomic E-state index is -0.0369. The number of aliphatic hydroxyl groups is 1. The zero-order chi connectivity index (χ0) is 14.7. The van der Waals surface area contributed by atoms with Gasteiger partial charge in [-0.2, -0.15) is 0 Å². The van der Waals surface area contributed by atoms with Gasteiger partial charge in [0.25, 0.3) is 0 Å². The zero-order valence-electron chi connectivity index (χ0n) is 11.6. The van der Waals surface area contributed by atoms with Crippen LogP contribution in [0.15, 0.2) is 46.3 Å². The molecule has 1 N–H and O–H groups in total. The van der Waals surface area contributed by atoms with Gasteiger partial charge in [0.15, 0.2) is 10.9 Å². The van der Waals surface area contributed by atoms with Crippen molar-refractivity contribution in [3.05, 3.63) is 53.2 Å². The fourth-order valence-corrected chi connectivity index (χ4v) is 2.76. The van der Waals surface area contributed by atoms with Crippen molar-refractivity contribution in [2.75, 3.05) is 11.9 Å². The Morgan fingerprint density at radius 3 is 2.81 bits per heavy atom. The Morgan fingerprint density at radius 2 is 2.10 bits per heavy atom. The summed E-state index contributed by atoms with van der Waals surface area (Å²) in [5.74, 6) is 0.775. The Balaban J connectivity index is 1.72. The molecule has 1 aromatic carbocycles. The lowest BCUT2D eigenvalue weighted by Gasteiger charge is -2.12. The SMILES string of the molecule is CN(Cc1cc(-c2ccccc2)no1)c1nc(CO)cs1. The van der Waals surface area contributed by atoms with E-state index in [9.17, 15) is 0 Å². The van der Waals surface area contributed by atoms with E-state index < -0.39 is 0 Å². The van der Waals surface area contributed by atoms with Crippen LogP contribution in [0, 0.1) is 0 Å². The molecule has 6 heteroatoms. The van der Waals surface area contributed by atoms with E-state index in [2.05, 4.69) is 10.1 Å². The molecule has 0 saturated carbocycles. The predicted molar refractivity (Wildman–Crippen MR) is 82.1 cm³/mol. The molecule has 108 valence electrons. The van der Waals surface area contributed by atoms with Crippen LogP contribution < -0.4 is 4.90 Å². The molecule has 2 heterocycles. The number of rotatable bonds is 5. The van der Waals surface area contributed by atoms with Crippen molar-refractivity contribution < 1.29 is 9.63 Å². The molecular formula is C15H15N3O2S. The first-order chi connectivity index (χ1) is 10.3.